The van der Waals surface area contributed by atoms with Crippen molar-refractivity contribution in [1.29, 1.82) is 0 Å². The minimum absolute atomic E-state index is 0.0608. The van der Waals surface area contributed by atoms with E-state index >= 15 is 0 Å². The number of hydrogen-bond acceptors (Lipinski definition) is 3. The van der Waals surface area contributed by atoms with Crippen molar-refractivity contribution >= 4 is 11.6 Å². The summed E-state index contributed by atoms with van der Waals surface area (Å²) in [5.74, 6) is 0.534. The molecule has 1 unspecified atom stereocenters. The van der Waals surface area contributed by atoms with Crippen LogP contribution in [0.4, 0.5) is 5.69 Å². The number of hydrogen-bond donors (Lipinski definition) is 2. The van der Waals surface area contributed by atoms with E-state index in [2.05, 4.69) is 19.2 Å². The fourth-order valence-electron chi connectivity index (χ4n) is 2.71. The van der Waals surface area contributed by atoms with Gasteiger partial charge < -0.3 is 15.8 Å². The first-order valence-electron chi connectivity index (χ1n) is 6.68. The molecule has 0 radical (unpaired) electrons. The summed E-state index contributed by atoms with van der Waals surface area (Å²) >= 11 is 0. The SMILES string of the molecule is COc1ccc(C(=O)NC2CCCC2(C)C)cc1N. The third kappa shape index (κ3) is 2.83. The molecule has 2 rings (SSSR count). The summed E-state index contributed by atoms with van der Waals surface area (Å²) in [6.45, 7) is 4.40. The van der Waals surface area contributed by atoms with Gasteiger partial charge in [0, 0.05) is 11.6 Å². The maximum Gasteiger partial charge on any atom is 0.251 e. The largest absolute Gasteiger partial charge is 0.495 e. The number of amides is 1. The lowest BCUT2D eigenvalue weighted by Gasteiger charge is -2.27. The van der Waals surface area contributed by atoms with E-state index in [1.165, 1.54) is 6.42 Å². The molecule has 1 amide bonds. The highest BCUT2D eigenvalue weighted by atomic mass is 16.5. The van der Waals surface area contributed by atoms with Gasteiger partial charge in [-0.05, 0) is 36.5 Å². The smallest absolute Gasteiger partial charge is 0.251 e. The minimum atomic E-state index is -0.0608. The standard InChI is InChI=1S/C15H22N2O2/c1-15(2)8-4-5-13(15)17-14(18)10-6-7-12(19-3)11(16)9-10/h6-7,9,13H,4-5,8,16H2,1-3H3,(H,17,18). The highest BCUT2D eigenvalue weighted by molar-refractivity contribution is 5.95. The first kappa shape index (κ1) is 13.7. The number of nitrogens with one attached hydrogen (secondary N) is 1. The lowest BCUT2D eigenvalue weighted by Crippen LogP contribution is -2.41. The summed E-state index contributed by atoms with van der Waals surface area (Å²) in [5, 5.41) is 3.11. The van der Waals surface area contributed by atoms with Gasteiger partial charge in [0.15, 0.2) is 0 Å². The summed E-state index contributed by atoms with van der Waals surface area (Å²) in [6.07, 6.45) is 3.37. The van der Waals surface area contributed by atoms with Crippen LogP contribution in [-0.4, -0.2) is 19.1 Å². The lowest BCUT2D eigenvalue weighted by molar-refractivity contribution is 0.0910. The molecule has 1 aromatic rings. The molecule has 4 nitrogen and oxygen atoms in total. The first-order valence-corrected chi connectivity index (χ1v) is 6.68. The van der Waals surface area contributed by atoms with Crippen molar-refractivity contribution in [2.45, 2.75) is 39.2 Å². The zero-order valence-electron chi connectivity index (χ0n) is 11.8. The highest BCUT2D eigenvalue weighted by Gasteiger charge is 2.35. The van der Waals surface area contributed by atoms with E-state index in [1.807, 2.05) is 0 Å². The van der Waals surface area contributed by atoms with Gasteiger partial charge in [0.25, 0.3) is 5.91 Å². The van der Waals surface area contributed by atoms with Crippen LogP contribution in [0, 0.1) is 5.41 Å². The van der Waals surface area contributed by atoms with Crippen molar-refractivity contribution in [1.82, 2.24) is 5.32 Å². The van der Waals surface area contributed by atoms with Crippen LogP contribution in [0.2, 0.25) is 0 Å². The van der Waals surface area contributed by atoms with Crippen LogP contribution in [0.3, 0.4) is 0 Å². The second-order valence-electron chi connectivity index (χ2n) is 5.86. The molecular weight excluding hydrogens is 240 g/mol. The van der Waals surface area contributed by atoms with Crippen LogP contribution in [0.5, 0.6) is 5.75 Å². The van der Waals surface area contributed by atoms with Crippen LogP contribution >= 0.6 is 0 Å². The van der Waals surface area contributed by atoms with E-state index in [4.69, 9.17) is 10.5 Å². The Hall–Kier alpha value is -1.71. The number of benzene rings is 1. The van der Waals surface area contributed by atoms with Gasteiger partial charge >= 0.3 is 0 Å². The molecule has 0 heterocycles. The summed E-state index contributed by atoms with van der Waals surface area (Å²) in [5.41, 5.74) is 7.07. The van der Waals surface area contributed by atoms with Crippen molar-refractivity contribution in [2.24, 2.45) is 5.41 Å². The zero-order chi connectivity index (χ0) is 14.0. The Morgan fingerprint density at radius 2 is 2.21 bits per heavy atom. The Labute approximate surface area is 114 Å². The molecule has 0 bridgehead atoms. The molecule has 0 saturated heterocycles. The van der Waals surface area contributed by atoms with Crippen molar-refractivity contribution in [2.75, 3.05) is 12.8 Å². The van der Waals surface area contributed by atoms with Gasteiger partial charge in [0.05, 0.1) is 12.8 Å². The molecule has 4 heteroatoms. The van der Waals surface area contributed by atoms with Crippen LogP contribution < -0.4 is 15.8 Å². The van der Waals surface area contributed by atoms with Gasteiger partial charge in [-0.25, -0.2) is 0 Å². The van der Waals surface area contributed by atoms with E-state index in [1.54, 1.807) is 25.3 Å². The van der Waals surface area contributed by atoms with Gasteiger partial charge in [0.1, 0.15) is 5.75 Å². The van der Waals surface area contributed by atoms with Gasteiger partial charge in [-0.15, -0.1) is 0 Å². The number of rotatable bonds is 3. The average Bonchev–Trinajstić information content (AvgIpc) is 2.68. The van der Waals surface area contributed by atoms with E-state index in [-0.39, 0.29) is 17.4 Å². The van der Waals surface area contributed by atoms with Gasteiger partial charge in [-0.2, -0.15) is 0 Å². The van der Waals surface area contributed by atoms with Crippen molar-refractivity contribution in [3.05, 3.63) is 23.8 Å². The van der Waals surface area contributed by atoms with E-state index in [9.17, 15) is 4.79 Å². The molecule has 1 aromatic carbocycles. The minimum Gasteiger partial charge on any atom is -0.495 e. The normalized spacial score (nSPS) is 21.1. The molecule has 3 N–H and O–H groups in total. The molecule has 19 heavy (non-hydrogen) atoms. The summed E-state index contributed by atoms with van der Waals surface area (Å²) < 4.78 is 5.09. The Kier molecular flexibility index (Phi) is 3.69. The highest BCUT2D eigenvalue weighted by Crippen LogP contribution is 2.37. The van der Waals surface area contributed by atoms with Crippen LogP contribution in [0.15, 0.2) is 18.2 Å². The monoisotopic (exact) mass is 262 g/mol. The summed E-state index contributed by atoms with van der Waals surface area (Å²) in [4.78, 5) is 12.2. The fraction of sp³-hybridized carbons (Fsp3) is 0.533. The second-order valence-corrected chi connectivity index (χ2v) is 5.86. The lowest BCUT2D eigenvalue weighted by atomic mass is 9.87. The number of nitrogen functional groups attached to an aromatic ring is 1. The fourth-order valence-corrected chi connectivity index (χ4v) is 2.71. The Balaban J connectivity index is 2.10. The quantitative estimate of drug-likeness (QED) is 0.823. The van der Waals surface area contributed by atoms with Gasteiger partial charge in [-0.3, -0.25) is 4.79 Å². The molecule has 0 aromatic heterocycles. The molecule has 1 aliphatic carbocycles. The number of nitrogens with two attached hydrogens (primary N) is 1. The number of carbonyl (C=O) groups excluding carboxylic acids is 1. The topological polar surface area (TPSA) is 64.3 Å². The molecule has 0 spiro atoms. The van der Waals surface area contributed by atoms with E-state index < -0.39 is 0 Å². The number of ether oxygens (including phenoxy) is 1. The molecular formula is C15H22N2O2. The number of anilines is 1. The molecule has 1 saturated carbocycles. The second kappa shape index (κ2) is 5.11. The van der Waals surface area contributed by atoms with E-state index in [0.717, 1.165) is 12.8 Å². The van der Waals surface area contributed by atoms with E-state index in [0.29, 0.717) is 17.0 Å². The predicted octanol–water partition coefficient (Wildman–Crippen LogP) is 2.59. The Morgan fingerprint density at radius 1 is 1.47 bits per heavy atom. The summed E-state index contributed by atoms with van der Waals surface area (Å²) in [6, 6.07) is 5.37. The Morgan fingerprint density at radius 3 is 2.74 bits per heavy atom. The third-order valence-corrected chi connectivity index (χ3v) is 4.05. The number of methoxy groups -OCH3 is 1. The van der Waals surface area contributed by atoms with Gasteiger partial charge in [0.2, 0.25) is 0 Å². The number of carbonyl (C=O) groups is 1. The molecule has 1 atom stereocenters. The Bertz CT molecular complexity index is 483. The predicted molar refractivity (Wildman–Crippen MR) is 76.3 cm³/mol. The molecule has 104 valence electrons. The van der Waals surface area contributed by atoms with Crippen molar-refractivity contribution in [3.63, 3.8) is 0 Å². The molecule has 0 aliphatic heterocycles. The average molecular weight is 262 g/mol. The summed E-state index contributed by atoms with van der Waals surface area (Å²) in [7, 11) is 1.56. The van der Waals surface area contributed by atoms with Gasteiger partial charge in [-0.1, -0.05) is 20.3 Å². The third-order valence-electron chi connectivity index (χ3n) is 4.05. The molecule has 1 aliphatic rings. The first-order chi connectivity index (χ1) is 8.94. The van der Waals surface area contributed by atoms with Crippen LogP contribution in [0.25, 0.3) is 0 Å². The molecule has 1 fully saturated rings. The zero-order valence-corrected chi connectivity index (χ0v) is 11.8. The maximum atomic E-state index is 12.2. The van der Waals surface area contributed by atoms with Crippen molar-refractivity contribution < 1.29 is 9.53 Å². The van der Waals surface area contributed by atoms with Crippen molar-refractivity contribution in [3.8, 4) is 5.75 Å². The van der Waals surface area contributed by atoms with Crippen LogP contribution in [-0.2, 0) is 0 Å². The van der Waals surface area contributed by atoms with Crippen LogP contribution in [0.1, 0.15) is 43.5 Å². The maximum absolute atomic E-state index is 12.2.